The van der Waals surface area contributed by atoms with E-state index in [-0.39, 0.29) is 18.2 Å². The van der Waals surface area contributed by atoms with E-state index in [4.69, 9.17) is 14.5 Å². The summed E-state index contributed by atoms with van der Waals surface area (Å²) in [5.74, 6) is 0.703. The smallest absolute Gasteiger partial charge is 0.248 e. The summed E-state index contributed by atoms with van der Waals surface area (Å²) >= 11 is 1.26. The van der Waals surface area contributed by atoms with Crippen molar-refractivity contribution in [2.24, 2.45) is 4.99 Å². The van der Waals surface area contributed by atoms with Crippen LogP contribution in [0.4, 0.5) is 11.4 Å². The highest BCUT2D eigenvalue weighted by Crippen LogP contribution is 2.35. The third-order valence-electron chi connectivity index (χ3n) is 5.27. The summed E-state index contributed by atoms with van der Waals surface area (Å²) in [6.07, 6.45) is 0.0829. The molecular weight excluding hydrogens is 450 g/mol. The van der Waals surface area contributed by atoms with Crippen molar-refractivity contribution in [1.29, 1.82) is 0 Å². The molecule has 3 aromatic rings. The molecule has 1 heterocycles. The van der Waals surface area contributed by atoms with Gasteiger partial charge in [-0.2, -0.15) is 0 Å². The zero-order chi connectivity index (χ0) is 23.9. The van der Waals surface area contributed by atoms with Crippen LogP contribution in [0.2, 0.25) is 0 Å². The summed E-state index contributed by atoms with van der Waals surface area (Å²) in [6.45, 7) is 0.414. The number of thioether (sulfide) groups is 1. The van der Waals surface area contributed by atoms with Crippen LogP contribution in [0.5, 0.6) is 11.5 Å². The fourth-order valence-electron chi connectivity index (χ4n) is 3.54. The average molecular weight is 476 g/mol. The number of amides is 2. The number of imide groups is 1. The highest BCUT2D eigenvalue weighted by molar-refractivity contribution is 8.15. The number of para-hydroxylation sites is 3. The van der Waals surface area contributed by atoms with E-state index >= 15 is 0 Å². The fourth-order valence-corrected chi connectivity index (χ4v) is 4.56. The summed E-state index contributed by atoms with van der Waals surface area (Å²) in [4.78, 5) is 32.0. The van der Waals surface area contributed by atoms with Crippen LogP contribution < -0.4 is 19.7 Å². The Labute approximate surface area is 202 Å². The monoisotopic (exact) mass is 475 g/mol. The number of benzene rings is 3. The van der Waals surface area contributed by atoms with Gasteiger partial charge >= 0.3 is 0 Å². The molecule has 1 saturated heterocycles. The van der Waals surface area contributed by atoms with E-state index in [1.165, 1.54) is 23.8 Å². The predicted molar refractivity (Wildman–Crippen MR) is 136 cm³/mol. The Bertz CT molecular complexity index is 1180. The quantitative estimate of drug-likeness (QED) is 0.302. The Kier molecular flexibility index (Phi) is 7.49. The van der Waals surface area contributed by atoms with Gasteiger partial charge in [-0.05, 0) is 42.0 Å². The van der Waals surface area contributed by atoms with Gasteiger partial charge < -0.3 is 14.8 Å². The van der Waals surface area contributed by atoms with Crippen LogP contribution in [-0.4, -0.2) is 36.5 Å². The minimum atomic E-state index is -0.594. The van der Waals surface area contributed by atoms with Gasteiger partial charge in [0.2, 0.25) is 11.8 Å². The van der Waals surface area contributed by atoms with Crippen molar-refractivity contribution in [3.63, 3.8) is 0 Å². The van der Waals surface area contributed by atoms with E-state index in [1.54, 1.807) is 31.4 Å². The van der Waals surface area contributed by atoms with Gasteiger partial charge in [0.1, 0.15) is 16.7 Å². The Hall–Kier alpha value is -3.78. The number of anilines is 2. The van der Waals surface area contributed by atoms with Crippen LogP contribution in [0.1, 0.15) is 12.0 Å². The van der Waals surface area contributed by atoms with E-state index in [1.807, 2.05) is 54.6 Å². The number of nitrogens with one attached hydrogen (secondary N) is 1. The molecule has 0 spiro atoms. The maximum atomic E-state index is 13.2. The molecule has 4 rings (SSSR count). The molecule has 7 nitrogen and oxygen atoms in total. The number of methoxy groups -OCH3 is 2. The molecule has 8 heteroatoms. The van der Waals surface area contributed by atoms with E-state index in [2.05, 4.69) is 5.32 Å². The van der Waals surface area contributed by atoms with Crippen molar-refractivity contribution in [1.82, 2.24) is 0 Å². The molecule has 0 radical (unpaired) electrons. The minimum Gasteiger partial charge on any atom is -0.497 e. The first-order valence-electron chi connectivity index (χ1n) is 10.7. The van der Waals surface area contributed by atoms with Crippen LogP contribution in [0.25, 0.3) is 0 Å². The highest BCUT2D eigenvalue weighted by atomic mass is 32.2. The lowest BCUT2D eigenvalue weighted by Gasteiger charge is -2.18. The first-order valence-corrected chi connectivity index (χ1v) is 11.6. The lowest BCUT2D eigenvalue weighted by atomic mass is 10.2. The normalized spacial score (nSPS) is 16.0. The summed E-state index contributed by atoms with van der Waals surface area (Å²) in [5, 5.41) is 3.26. The minimum absolute atomic E-state index is 0.0829. The van der Waals surface area contributed by atoms with Crippen LogP contribution >= 0.6 is 11.8 Å². The zero-order valence-corrected chi connectivity index (χ0v) is 19.7. The number of carbonyl (C=O) groups is 2. The van der Waals surface area contributed by atoms with Crippen molar-refractivity contribution in [2.75, 3.05) is 24.4 Å². The number of hydrogen-bond donors (Lipinski definition) is 1. The number of aliphatic imine (C=N–C) groups is 1. The van der Waals surface area contributed by atoms with Gasteiger partial charge in [-0.25, -0.2) is 4.90 Å². The topological polar surface area (TPSA) is 80.2 Å². The van der Waals surface area contributed by atoms with Crippen molar-refractivity contribution in [2.45, 2.75) is 18.2 Å². The standard InChI is InChI=1S/C26H25N3O4S/c1-32-20-14-12-18(13-15-20)17-27-26(28-19-8-4-3-5-9-19)34-23-16-24(30)29(25(23)31)21-10-6-7-11-22(21)33-2/h3-15,23H,16-17H2,1-2H3,(H,27,28)/t23-/m0/s1. The molecule has 1 N–H and O–H groups in total. The van der Waals surface area contributed by atoms with Crippen LogP contribution in [-0.2, 0) is 16.1 Å². The molecule has 0 bridgehead atoms. The van der Waals surface area contributed by atoms with Gasteiger partial charge in [0, 0.05) is 12.1 Å². The second-order valence-electron chi connectivity index (χ2n) is 7.51. The molecule has 0 aromatic heterocycles. The van der Waals surface area contributed by atoms with Gasteiger partial charge in [0.25, 0.3) is 0 Å². The number of rotatable bonds is 7. The fraction of sp³-hybridized carbons (Fsp3) is 0.192. The molecule has 0 saturated carbocycles. The summed E-state index contributed by atoms with van der Waals surface area (Å²) in [6, 6.07) is 24.3. The lowest BCUT2D eigenvalue weighted by Crippen LogP contribution is -2.32. The van der Waals surface area contributed by atoms with Gasteiger partial charge in [0.05, 0.1) is 26.5 Å². The first kappa shape index (κ1) is 23.4. The van der Waals surface area contributed by atoms with Crippen molar-refractivity contribution < 1.29 is 19.1 Å². The molecule has 3 aromatic carbocycles. The van der Waals surface area contributed by atoms with Gasteiger partial charge in [-0.1, -0.05) is 54.2 Å². The van der Waals surface area contributed by atoms with Gasteiger partial charge in [-0.3, -0.25) is 14.6 Å². The zero-order valence-electron chi connectivity index (χ0n) is 18.9. The predicted octanol–water partition coefficient (Wildman–Crippen LogP) is 4.74. The van der Waals surface area contributed by atoms with Crippen LogP contribution in [0.3, 0.4) is 0 Å². The number of ether oxygens (including phenoxy) is 2. The molecule has 1 aliphatic rings. The number of nitrogens with zero attached hydrogens (tertiary/aromatic N) is 2. The van der Waals surface area contributed by atoms with Crippen molar-refractivity contribution in [3.05, 3.63) is 84.4 Å². The second kappa shape index (κ2) is 10.9. The number of amidine groups is 1. The largest absolute Gasteiger partial charge is 0.497 e. The molecule has 1 fully saturated rings. The van der Waals surface area contributed by atoms with Crippen molar-refractivity contribution in [3.8, 4) is 11.5 Å². The van der Waals surface area contributed by atoms with E-state index in [9.17, 15) is 9.59 Å². The molecule has 34 heavy (non-hydrogen) atoms. The Morgan fingerprint density at radius 1 is 0.971 bits per heavy atom. The summed E-state index contributed by atoms with van der Waals surface area (Å²) in [7, 11) is 3.14. The van der Waals surface area contributed by atoms with Gasteiger partial charge in [0.15, 0.2) is 5.17 Å². The average Bonchev–Trinajstić information content (AvgIpc) is 3.15. The molecule has 0 aliphatic carbocycles. The van der Waals surface area contributed by atoms with Crippen molar-refractivity contribution >= 4 is 40.1 Å². The van der Waals surface area contributed by atoms with E-state index in [0.717, 1.165) is 17.0 Å². The van der Waals surface area contributed by atoms with Crippen LogP contribution in [0, 0.1) is 0 Å². The lowest BCUT2D eigenvalue weighted by molar-refractivity contribution is -0.121. The van der Waals surface area contributed by atoms with E-state index < -0.39 is 5.25 Å². The molecule has 174 valence electrons. The number of carbonyl (C=O) groups excluding carboxylic acids is 2. The van der Waals surface area contributed by atoms with Gasteiger partial charge in [-0.15, -0.1) is 0 Å². The SMILES string of the molecule is COc1ccc(CN=C(Nc2ccccc2)S[C@H]2CC(=O)N(c3ccccc3OC)C2=O)cc1. The van der Waals surface area contributed by atoms with E-state index in [0.29, 0.717) is 23.1 Å². The third kappa shape index (κ3) is 5.40. The number of hydrogen-bond acceptors (Lipinski definition) is 6. The molecular formula is C26H25N3O4S. The first-order chi connectivity index (χ1) is 16.6. The highest BCUT2D eigenvalue weighted by Gasteiger charge is 2.41. The molecule has 0 unspecified atom stereocenters. The molecule has 2 amide bonds. The third-order valence-corrected chi connectivity index (χ3v) is 6.38. The second-order valence-corrected chi connectivity index (χ2v) is 8.70. The summed E-state index contributed by atoms with van der Waals surface area (Å²) in [5.41, 5.74) is 2.30. The Morgan fingerprint density at radius 3 is 2.38 bits per heavy atom. The Morgan fingerprint density at radius 2 is 1.68 bits per heavy atom. The molecule has 1 atom stereocenters. The maximum Gasteiger partial charge on any atom is 0.248 e. The van der Waals surface area contributed by atoms with Crippen LogP contribution in [0.15, 0.2) is 83.9 Å². The Balaban J connectivity index is 1.55. The maximum absolute atomic E-state index is 13.2. The summed E-state index contributed by atoms with van der Waals surface area (Å²) < 4.78 is 10.6. The molecule has 1 aliphatic heterocycles.